The number of nitrogens with zero attached hydrogens (tertiary/aromatic N) is 3. The van der Waals surface area contributed by atoms with E-state index in [0.29, 0.717) is 11.4 Å². The molecule has 134 valence electrons. The molecule has 1 saturated carbocycles. The first-order valence-electron chi connectivity index (χ1n) is 8.36. The summed E-state index contributed by atoms with van der Waals surface area (Å²) < 4.78 is 5.22. The largest absolute Gasteiger partial charge is 0.385 e. The van der Waals surface area contributed by atoms with Gasteiger partial charge in [0, 0.05) is 53.4 Å². The lowest BCUT2D eigenvalue weighted by Gasteiger charge is -2.41. The second-order valence-corrected chi connectivity index (χ2v) is 6.62. The fourth-order valence-corrected chi connectivity index (χ4v) is 3.29. The summed E-state index contributed by atoms with van der Waals surface area (Å²) in [7, 11) is 1.75. The summed E-state index contributed by atoms with van der Waals surface area (Å²) in [5, 5.41) is 0. The highest BCUT2D eigenvalue weighted by Gasteiger charge is 2.36. The third kappa shape index (κ3) is 5.77. The van der Waals surface area contributed by atoms with Crippen molar-refractivity contribution in [2.75, 3.05) is 46.4 Å². The van der Waals surface area contributed by atoms with Gasteiger partial charge in [-0.05, 0) is 31.1 Å². The van der Waals surface area contributed by atoms with Gasteiger partial charge in [0.1, 0.15) is 0 Å². The van der Waals surface area contributed by atoms with Gasteiger partial charge in [-0.15, -0.1) is 24.0 Å². The number of amides is 1. The van der Waals surface area contributed by atoms with Gasteiger partial charge < -0.3 is 20.3 Å². The number of rotatable bonds is 5. The summed E-state index contributed by atoms with van der Waals surface area (Å²) in [6, 6.07) is 0. The van der Waals surface area contributed by atoms with E-state index in [4.69, 9.17) is 10.5 Å². The molecule has 0 aromatic carbocycles. The van der Waals surface area contributed by atoms with E-state index in [1.807, 2.05) is 4.90 Å². The van der Waals surface area contributed by atoms with Crippen molar-refractivity contribution in [3.05, 3.63) is 0 Å². The molecule has 0 unspecified atom stereocenters. The highest BCUT2D eigenvalue weighted by Crippen LogP contribution is 2.44. The van der Waals surface area contributed by atoms with Crippen molar-refractivity contribution >= 4 is 35.8 Å². The Morgan fingerprint density at radius 1 is 1.17 bits per heavy atom. The summed E-state index contributed by atoms with van der Waals surface area (Å²) >= 11 is 0. The molecule has 2 N–H and O–H groups in total. The number of carbonyl (C=O) groups excluding carboxylic acids is 1. The number of ether oxygens (including phenoxy) is 1. The molecule has 0 bridgehead atoms. The summed E-state index contributed by atoms with van der Waals surface area (Å²) in [5.41, 5.74) is 6.50. The minimum absolute atomic E-state index is 0. The van der Waals surface area contributed by atoms with Gasteiger partial charge in [0.2, 0.25) is 5.91 Å². The maximum absolute atomic E-state index is 11.5. The first kappa shape index (κ1) is 20.5. The summed E-state index contributed by atoms with van der Waals surface area (Å²) in [5.74, 6) is 0.777. The minimum atomic E-state index is 0. The number of carbonyl (C=O) groups is 1. The van der Waals surface area contributed by atoms with Gasteiger partial charge in [0.15, 0.2) is 5.96 Å². The molecular formula is C16H31IN4O2. The van der Waals surface area contributed by atoms with Crippen LogP contribution in [-0.4, -0.2) is 68.1 Å². The Labute approximate surface area is 156 Å². The molecule has 23 heavy (non-hydrogen) atoms. The van der Waals surface area contributed by atoms with E-state index in [2.05, 4.69) is 9.89 Å². The molecule has 0 radical (unpaired) electrons. The number of nitrogens with two attached hydrogens (primary N) is 1. The Morgan fingerprint density at radius 2 is 1.83 bits per heavy atom. The topological polar surface area (TPSA) is 71.2 Å². The van der Waals surface area contributed by atoms with Crippen molar-refractivity contribution in [3.8, 4) is 0 Å². The van der Waals surface area contributed by atoms with E-state index in [9.17, 15) is 4.79 Å². The van der Waals surface area contributed by atoms with Crippen LogP contribution in [0.2, 0.25) is 0 Å². The van der Waals surface area contributed by atoms with E-state index < -0.39 is 0 Å². The third-order valence-electron chi connectivity index (χ3n) is 5.09. The molecule has 0 atom stereocenters. The molecule has 0 aromatic rings. The zero-order chi connectivity index (χ0) is 16.0. The molecule has 1 amide bonds. The number of hydrogen-bond acceptors (Lipinski definition) is 3. The maximum Gasteiger partial charge on any atom is 0.219 e. The summed E-state index contributed by atoms with van der Waals surface area (Å²) in [4.78, 5) is 20.1. The molecular weight excluding hydrogens is 407 g/mol. The fraction of sp³-hybridized carbons (Fsp3) is 0.875. The number of guanidine groups is 1. The van der Waals surface area contributed by atoms with E-state index in [-0.39, 0.29) is 29.9 Å². The second kappa shape index (κ2) is 9.66. The Morgan fingerprint density at radius 3 is 2.39 bits per heavy atom. The molecule has 0 spiro atoms. The minimum Gasteiger partial charge on any atom is -0.385 e. The third-order valence-corrected chi connectivity index (χ3v) is 5.09. The molecule has 2 fully saturated rings. The highest BCUT2D eigenvalue weighted by atomic mass is 127. The van der Waals surface area contributed by atoms with Crippen LogP contribution >= 0.6 is 24.0 Å². The number of hydrogen-bond donors (Lipinski definition) is 1. The lowest BCUT2D eigenvalue weighted by molar-refractivity contribution is -0.128. The SMILES string of the molecule is COCCC1(CN=C(N)N2CCCN(C(C)=O)CC2)CCC1.I. The molecule has 2 aliphatic rings. The van der Waals surface area contributed by atoms with Crippen LogP contribution in [0.3, 0.4) is 0 Å². The predicted molar refractivity (Wildman–Crippen MR) is 103 cm³/mol. The van der Waals surface area contributed by atoms with E-state index in [0.717, 1.165) is 52.2 Å². The van der Waals surface area contributed by atoms with Gasteiger partial charge >= 0.3 is 0 Å². The number of halogens is 1. The molecule has 1 aliphatic heterocycles. The van der Waals surface area contributed by atoms with Gasteiger partial charge in [0.05, 0.1) is 0 Å². The second-order valence-electron chi connectivity index (χ2n) is 6.62. The van der Waals surface area contributed by atoms with Gasteiger partial charge in [-0.25, -0.2) is 0 Å². The maximum atomic E-state index is 11.5. The fourth-order valence-electron chi connectivity index (χ4n) is 3.29. The van der Waals surface area contributed by atoms with Crippen LogP contribution in [0.1, 0.15) is 39.0 Å². The average Bonchev–Trinajstić information content (AvgIpc) is 2.71. The zero-order valence-electron chi connectivity index (χ0n) is 14.4. The summed E-state index contributed by atoms with van der Waals surface area (Å²) in [6.45, 7) is 6.44. The first-order chi connectivity index (χ1) is 10.6. The monoisotopic (exact) mass is 438 g/mol. The quantitative estimate of drug-likeness (QED) is 0.403. The standard InChI is InChI=1S/C16H30N4O2.HI/c1-14(21)19-8-4-9-20(11-10-19)15(17)18-13-16(5-3-6-16)7-12-22-2;/h3-13H2,1-2H3,(H2,17,18);1H. The van der Waals surface area contributed by atoms with Crippen LogP contribution < -0.4 is 5.73 Å². The molecule has 1 saturated heterocycles. The smallest absolute Gasteiger partial charge is 0.219 e. The van der Waals surface area contributed by atoms with Gasteiger partial charge in [-0.1, -0.05) is 6.42 Å². The zero-order valence-corrected chi connectivity index (χ0v) is 16.8. The van der Waals surface area contributed by atoms with Crippen molar-refractivity contribution < 1.29 is 9.53 Å². The van der Waals surface area contributed by atoms with Crippen LogP contribution in [0.4, 0.5) is 0 Å². The lowest BCUT2D eigenvalue weighted by Crippen LogP contribution is -2.42. The van der Waals surface area contributed by atoms with Gasteiger partial charge in [0.25, 0.3) is 0 Å². The van der Waals surface area contributed by atoms with Crippen molar-refractivity contribution in [3.63, 3.8) is 0 Å². The highest BCUT2D eigenvalue weighted by molar-refractivity contribution is 14.0. The Bertz CT molecular complexity index is 413. The van der Waals surface area contributed by atoms with Crippen molar-refractivity contribution in [2.24, 2.45) is 16.1 Å². The molecule has 0 aromatic heterocycles. The number of aliphatic imine (C=N–C) groups is 1. The van der Waals surface area contributed by atoms with Crippen molar-refractivity contribution in [1.82, 2.24) is 9.80 Å². The van der Waals surface area contributed by atoms with Gasteiger partial charge in [-0.2, -0.15) is 0 Å². The van der Waals surface area contributed by atoms with Crippen LogP contribution in [0.5, 0.6) is 0 Å². The molecule has 1 aliphatic carbocycles. The Balaban J connectivity index is 0.00000264. The van der Waals surface area contributed by atoms with E-state index in [1.54, 1.807) is 14.0 Å². The van der Waals surface area contributed by atoms with Crippen molar-refractivity contribution in [2.45, 2.75) is 39.0 Å². The van der Waals surface area contributed by atoms with Crippen LogP contribution in [0, 0.1) is 5.41 Å². The van der Waals surface area contributed by atoms with Crippen molar-refractivity contribution in [1.29, 1.82) is 0 Å². The first-order valence-corrected chi connectivity index (χ1v) is 8.36. The predicted octanol–water partition coefficient (Wildman–Crippen LogP) is 1.68. The molecule has 1 heterocycles. The normalized spacial score (nSPS) is 21.2. The van der Waals surface area contributed by atoms with E-state index in [1.165, 1.54) is 19.3 Å². The molecule has 6 nitrogen and oxygen atoms in total. The Kier molecular flexibility index (Phi) is 8.60. The average molecular weight is 438 g/mol. The number of methoxy groups -OCH3 is 1. The van der Waals surface area contributed by atoms with E-state index >= 15 is 0 Å². The molecule has 2 rings (SSSR count). The van der Waals surface area contributed by atoms with Gasteiger partial charge in [-0.3, -0.25) is 9.79 Å². The molecule has 7 heteroatoms. The Hall–Kier alpha value is -0.570. The summed E-state index contributed by atoms with van der Waals surface area (Å²) in [6.07, 6.45) is 5.76. The lowest BCUT2D eigenvalue weighted by atomic mass is 9.67. The van der Waals surface area contributed by atoms with Crippen LogP contribution in [0.25, 0.3) is 0 Å². The van der Waals surface area contributed by atoms with Crippen LogP contribution in [-0.2, 0) is 9.53 Å². The van der Waals surface area contributed by atoms with Crippen LogP contribution in [0.15, 0.2) is 4.99 Å².